The highest BCUT2D eigenvalue weighted by molar-refractivity contribution is 7.93. The van der Waals surface area contributed by atoms with Gasteiger partial charge in [0.05, 0.1) is 17.0 Å². The Labute approximate surface area is 115 Å². The number of benzene rings is 1. The van der Waals surface area contributed by atoms with E-state index in [-0.39, 0.29) is 30.4 Å². The Morgan fingerprint density at radius 3 is 2.50 bits per heavy atom. The van der Waals surface area contributed by atoms with Gasteiger partial charge < -0.3 is 5.73 Å². The second-order valence-corrected chi connectivity index (χ2v) is 6.91. The van der Waals surface area contributed by atoms with E-state index in [4.69, 9.17) is 5.73 Å². The van der Waals surface area contributed by atoms with Gasteiger partial charge in [-0.1, -0.05) is 13.0 Å². The molecule has 1 aromatic carbocycles. The highest BCUT2D eigenvalue weighted by Crippen LogP contribution is 2.40. The van der Waals surface area contributed by atoms with Crippen molar-refractivity contribution >= 4 is 15.7 Å². The monoisotopic (exact) mass is 308 g/mol. The molecular formula is C12H15F3N2O2S. The van der Waals surface area contributed by atoms with Gasteiger partial charge in [-0.2, -0.15) is 13.2 Å². The lowest BCUT2D eigenvalue weighted by atomic mass is 10.1. The van der Waals surface area contributed by atoms with Crippen LogP contribution in [0.1, 0.15) is 18.1 Å². The van der Waals surface area contributed by atoms with Crippen molar-refractivity contribution in [2.24, 2.45) is 11.7 Å². The number of nitrogens with zero attached hydrogens (tertiary/aromatic N) is 1. The van der Waals surface area contributed by atoms with Crippen molar-refractivity contribution in [2.75, 3.05) is 16.6 Å². The molecule has 0 aliphatic carbocycles. The van der Waals surface area contributed by atoms with Gasteiger partial charge in [0.2, 0.25) is 10.0 Å². The van der Waals surface area contributed by atoms with E-state index in [1.54, 1.807) is 6.92 Å². The third-order valence-electron chi connectivity index (χ3n) is 3.18. The van der Waals surface area contributed by atoms with E-state index in [2.05, 4.69) is 0 Å². The lowest BCUT2D eigenvalue weighted by Gasteiger charge is -2.22. The van der Waals surface area contributed by atoms with Crippen LogP contribution in [-0.2, 0) is 22.7 Å². The maximum Gasteiger partial charge on any atom is 0.418 e. The van der Waals surface area contributed by atoms with E-state index in [1.165, 1.54) is 12.1 Å². The largest absolute Gasteiger partial charge is 0.418 e. The number of alkyl halides is 3. The molecule has 112 valence electrons. The van der Waals surface area contributed by atoms with Gasteiger partial charge in [-0.25, -0.2) is 8.42 Å². The summed E-state index contributed by atoms with van der Waals surface area (Å²) in [4.78, 5) is 0. The second-order valence-electron chi connectivity index (χ2n) is 4.97. The molecule has 0 aromatic heterocycles. The zero-order valence-corrected chi connectivity index (χ0v) is 11.6. The number of hydrogen-bond donors (Lipinski definition) is 1. The Kier molecular flexibility index (Phi) is 3.72. The summed E-state index contributed by atoms with van der Waals surface area (Å²) in [6, 6.07) is 3.51. The standard InChI is InChI=1S/C12H15F3N2O2S/c1-8-6-17(20(18,19)7-8)11-3-2-9(5-16)4-10(11)12(13,14)15/h2-4,8H,5-7,16H2,1H3. The third kappa shape index (κ3) is 2.76. The lowest BCUT2D eigenvalue weighted by Crippen LogP contribution is -2.28. The van der Waals surface area contributed by atoms with Gasteiger partial charge in [0, 0.05) is 13.1 Å². The zero-order chi connectivity index (χ0) is 15.1. The number of halogens is 3. The van der Waals surface area contributed by atoms with E-state index in [1.807, 2.05) is 0 Å². The SMILES string of the molecule is CC1CN(c2ccc(CN)cc2C(F)(F)F)S(=O)(=O)C1. The van der Waals surface area contributed by atoms with Crippen molar-refractivity contribution in [1.29, 1.82) is 0 Å². The van der Waals surface area contributed by atoms with Gasteiger partial charge >= 0.3 is 6.18 Å². The van der Waals surface area contributed by atoms with Crippen LogP contribution >= 0.6 is 0 Å². The second kappa shape index (κ2) is 4.92. The molecule has 1 heterocycles. The quantitative estimate of drug-likeness (QED) is 0.908. The summed E-state index contributed by atoms with van der Waals surface area (Å²) >= 11 is 0. The molecule has 0 bridgehead atoms. The fourth-order valence-corrected chi connectivity index (χ4v) is 4.25. The van der Waals surface area contributed by atoms with Crippen LogP contribution in [0, 0.1) is 5.92 Å². The first kappa shape index (κ1) is 15.1. The predicted octanol–water partition coefficient (Wildman–Crippen LogP) is 1.95. The van der Waals surface area contributed by atoms with Crippen LogP contribution in [-0.4, -0.2) is 20.7 Å². The Morgan fingerprint density at radius 1 is 1.40 bits per heavy atom. The molecule has 1 aromatic rings. The van der Waals surface area contributed by atoms with Gasteiger partial charge in [-0.3, -0.25) is 4.31 Å². The van der Waals surface area contributed by atoms with Crippen molar-refractivity contribution in [3.05, 3.63) is 29.3 Å². The smallest absolute Gasteiger partial charge is 0.326 e. The van der Waals surface area contributed by atoms with Crippen molar-refractivity contribution in [3.63, 3.8) is 0 Å². The molecule has 1 aliphatic heterocycles. The molecule has 1 aliphatic rings. The molecule has 0 amide bonds. The molecule has 20 heavy (non-hydrogen) atoms. The molecule has 4 nitrogen and oxygen atoms in total. The number of hydrogen-bond acceptors (Lipinski definition) is 3. The Hall–Kier alpha value is -1.28. The van der Waals surface area contributed by atoms with Gasteiger partial charge in [0.15, 0.2) is 0 Å². The molecule has 8 heteroatoms. The van der Waals surface area contributed by atoms with E-state index < -0.39 is 21.8 Å². The third-order valence-corrected chi connectivity index (χ3v) is 5.19. The minimum absolute atomic E-state index is 0.0352. The highest BCUT2D eigenvalue weighted by atomic mass is 32.2. The molecule has 0 radical (unpaired) electrons. The Morgan fingerprint density at radius 2 is 2.05 bits per heavy atom. The lowest BCUT2D eigenvalue weighted by molar-refractivity contribution is -0.137. The summed E-state index contributed by atoms with van der Waals surface area (Å²) < 4.78 is 64.0. The first-order valence-corrected chi connectivity index (χ1v) is 7.66. The summed E-state index contributed by atoms with van der Waals surface area (Å²) in [7, 11) is -3.69. The van der Waals surface area contributed by atoms with Gasteiger partial charge in [-0.15, -0.1) is 0 Å². The Balaban J connectivity index is 2.57. The fourth-order valence-electron chi connectivity index (χ4n) is 2.30. The van der Waals surface area contributed by atoms with Crippen LogP contribution < -0.4 is 10.0 Å². The van der Waals surface area contributed by atoms with Crippen molar-refractivity contribution < 1.29 is 21.6 Å². The number of anilines is 1. The van der Waals surface area contributed by atoms with Crippen LogP contribution in [0.25, 0.3) is 0 Å². The molecule has 0 spiro atoms. The molecule has 2 N–H and O–H groups in total. The number of sulfonamides is 1. The van der Waals surface area contributed by atoms with Crippen LogP contribution in [0.2, 0.25) is 0 Å². The van der Waals surface area contributed by atoms with Gasteiger partial charge in [0.25, 0.3) is 0 Å². The van der Waals surface area contributed by atoms with Crippen molar-refractivity contribution in [1.82, 2.24) is 0 Å². The summed E-state index contributed by atoms with van der Waals surface area (Å²) in [5.41, 5.74) is 4.37. The topological polar surface area (TPSA) is 63.4 Å². The van der Waals surface area contributed by atoms with Crippen LogP contribution in [0.15, 0.2) is 18.2 Å². The average molecular weight is 308 g/mol. The van der Waals surface area contributed by atoms with E-state index in [0.29, 0.717) is 5.56 Å². The van der Waals surface area contributed by atoms with Crippen molar-refractivity contribution in [2.45, 2.75) is 19.6 Å². The molecule has 1 unspecified atom stereocenters. The molecule has 1 atom stereocenters. The van der Waals surface area contributed by atoms with E-state index >= 15 is 0 Å². The van der Waals surface area contributed by atoms with Gasteiger partial charge in [-0.05, 0) is 23.6 Å². The molecule has 1 saturated heterocycles. The van der Waals surface area contributed by atoms with Gasteiger partial charge in [0.1, 0.15) is 0 Å². The molecule has 2 rings (SSSR count). The first-order valence-electron chi connectivity index (χ1n) is 6.06. The number of nitrogens with two attached hydrogens (primary N) is 1. The Bertz CT molecular complexity index is 614. The summed E-state index contributed by atoms with van der Waals surface area (Å²) in [5.74, 6) is -0.335. The summed E-state index contributed by atoms with van der Waals surface area (Å²) in [6.07, 6.45) is -4.62. The maximum absolute atomic E-state index is 13.1. The normalized spacial score (nSPS) is 22.2. The predicted molar refractivity (Wildman–Crippen MR) is 69.6 cm³/mol. The zero-order valence-electron chi connectivity index (χ0n) is 10.8. The molecule has 0 saturated carbocycles. The minimum atomic E-state index is -4.62. The molecule has 1 fully saturated rings. The average Bonchev–Trinajstić information content (AvgIpc) is 2.60. The minimum Gasteiger partial charge on any atom is -0.326 e. The fraction of sp³-hybridized carbons (Fsp3) is 0.500. The van der Waals surface area contributed by atoms with Crippen LogP contribution in [0.5, 0.6) is 0 Å². The first-order chi connectivity index (χ1) is 9.15. The maximum atomic E-state index is 13.1. The summed E-state index contributed by atoms with van der Waals surface area (Å²) in [5, 5.41) is 0. The highest BCUT2D eigenvalue weighted by Gasteiger charge is 2.40. The van der Waals surface area contributed by atoms with Crippen LogP contribution in [0.3, 0.4) is 0 Å². The number of rotatable bonds is 2. The van der Waals surface area contributed by atoms with Crippen LogP contribution in [0.4, 0.5) is 18.9 Å². The van der Waals surface area contributed by atoms with E-state index in [9.17, 15) is 21.6 Å². The van der Waals surface area contributed by atoms with Crippen molar-refractivity contribution in [3.8, 4) is 0 Å². The van der Waals surface area contributed by atoms with E-state index in [0.717, 1.165) is 10.4 Å². The summed E-state index contributed by atoms with van der Waals surface area (Å²) in [6.45, 7) is 1.72. The molecular weight excluding hydrogens is 293 g/mol.